The number of carbonyl (C=O) groups is 1. The van der Waals surface area contributed by atoms with E-state index in [2.05, 4.69) is 11.8 Å². The van der Waals surface area contributed by atoms with Crippen LogP contribution in [0.1, 0.15) is 25.8 Å². The van der Waals surface area contributed by atoms with Gasteiger partial charge in [-0.3, -0.25) is 4.79 Å². The summed E-state index contributed by atoms with van der Waals surface area (Å²) in [6.45, 7) is 4.00. The molecule has 1 aromatic rings. The van der Waals surface area contributed by atoms with E-state index in [0.717, 1.165) is 11.3 Å². The molecule has 3 heteroatoms. The van der Waals surface area contributed by atoms with Crippen molar-refractivity contribution in [3.8, 4) is 17.6 Å². The standard InChI is InChI=1S/C15H19NO2/c1-3-5-10-18-13-8-6-12(7-9-13)11-14(16)15(17)4-2/h6-9,14H,4,10-11,16H2,1-2H3/t14-/m0/s1. The van der Waals surface area contributed by atoms with Gasteiger partial charge in [0.15, 0.2) is 0 Å². The first-order valence-electron chi connectivity index (χ1n) is 6.07. The normalized spacial score (nSPS) is 11.3. The second-order valence-electron chi connectivity index (χ2n) is 3.99. The lowest BCUT2D eigenvalue weighted by molar-refractivity contribution is -0.119. The number of nitrogens with two attached hydrogens (primary N) is 1. The van der Waals surface area contributed by atoms with Crippen molar-refractivity contribution in [3.63, 3.8) is 0 Å². The summed E-state index contributed by atoms with van der Waals surface area (Å²) in [6, 6.07) is 7.19. The third-order valence-electron chi connectivity index (χ3n) is 2.63. The zero-order valence-electron chi connectivity index (χ0n) is 10.9. The minimum absolute atomic E-state index is 0.0912. The van der Waals surface area contributed by atoms with E-state index >= 15 is 0 Å². The Morgan fingerprint density at radius 3 is 2.61 bits per heavy atom. The fraction of sp³-hybridized carbons (Fsp3) is 0.400. The molecule has 1 aromatic carbocycles. The number of carbonyl (C=O) groups excluding carboxylic acids is 1. The van der Waals surface area contributed by atoms with Crippen molar-refractivity contribution >= 4 is 5.78 Å². The Bertz CT molecular complexity index is 440. The Morgan fingerprint density at radius 1 is 1.39 bits per heavy atom. The molecule has 96 valence electrons. The molecule has 1 rings (SSSR count). The van der Waals surface area contributed by atoms with E-state index in [9.17, 15) is 4.79 Å². The number of benzene rings is 1. The lowest BCUT2D eigenvalue weighted by Gasteiger charge is -2.10. The molecule has 18 heavy (non-hydrogen) atoms. The third kappa shape index (κ3) is 4.60. The minimum atomic E-state index is -0.410. The van der Waals surface area contributed by atoms with Crippen LogP contribution in [0.5, 0.6) is 5.75 Å². The van der Waals surface area contributed by atoms with Crippen molar-refractivity contribution in [1.29, 1.82) is 0 Å². The summed E-state index contributed by atoms with van der Waals surface area (Å²) in [7, 11) is 0. The molecule has 0 aromatic heterocycles. The van der Waals surface area contributed by atoms with Gasteiger partial charge < -0.3 is 10.5 Å². The molecule has 0 amide bonds. The second kappa shape index (κ2) is 7.52. The quantitative estimate of drug-likeness (QED) is 0.779. The SMILES string of the molecule is CC#CCOc1ccc(C[C@H](N)C(=O)CC)cc1. The molecule has 0 fully saturated rings. The molecule has 0 heterocycles. The molecule has 3 nitrogen and oxygen atoms in total. The number of Topliss-reactive ketones (excluding diaryl/α,β-unsaturated/α-hetero) is 1. The summed E-state index contributed by atoms with van der Waals surface area (Å²) in [5, 5.41) is 0. The summed E-state index contributed by atoms with van der Waals surface area (Å²) in [4.78, 5) is 11.4. The highest BCUT2D eigenvalue weighted by molar-refractivity contribution is 5.83. The molecule has 2 N–H and O–H groups in total. The van der Waals surface area contributed by atoms with Crippen LogP contribution in [0.3, 0.4) is 0 Å². The lowest BCUT2D eigenvalue weighted by atomic mass is 10.0. The van der Waals surface area contributed by atoms with Crippen LogP contribution in [0.4, 0.5) is 0 Å². The van der Waals surface area contributed by atoms with E-state index in [4.69, 9.17) is 10.5 Å². The van der Waals surface area contributed by atoms with Gasteiger partial charge in [0, 0.05) is 6.42 Å². The predicted octanol–water partition coefficient (Wildman–Crippen LogP) is 1.94. The Labute approximate surface area is 108 Å². The van der Waals surface area contributed by atoms with Gasteiger partial charge >= 0.3 is 0 Å². The highest BCUT2D eigenvalue weighted by atomic mass is 16.5. The summed E-state index contributed by atoms with van der Waals surface area (Å²) < 4.78 is 5.40. The van der Waals surface area contributed by atoms with E-state index in [1.165, 1.54) is 0 Å². The molecule has 0 saturated heterocycles. The Morgan fingerprint density at radius 2 is 2.06 bits per heavy atom. The fourth-order valence-corrected chi connectivity index (χ4v) is 1.54. The molecule has 0 aliphatic carbocycles. The van der Waals surface area contributed by atoms with Crippen molar-refractivity contribution in [1.82, 2.24) is 0 Å². The van der Waals surface area contributed by atoms with Crippen molar-refractivity contribution < 1.29 is 9.53 Å². The summed E-state index contributed by atoms with van der Waals surface area (Å²) in [6.07, 6.45) is 1.06. The van der Waals surface area contributed by atoms with Crippen LogP contribution in [0.25, 0.3) is 0 Å². The first-order valence-corrected chi connectivity index (χ1v) is 6.07. The average Bonchev–Trinajstić information content (AvgIpc) is 2.40. The maximum Gasteiger partial charge on any atom is 0.149 e. The van der Waals surface area contributed by atoms with Crippen molar-refractivity contribution in [2.75, 3.05) is 6.61 Å². The molecule has 0 spiro atoms. The van der Waals surface area contributed by atoms with Crippen LogP contribution in [0.2, 0.25) is 0 Å². The molecule has 0 bridgehead atoms. The lowest BCUT2D eigenvalue weighted by Crippen LogP contribution is -2.32. The van der Waals surface area contributed by atoms with E-state index < -0.39 is 6.04 Å². The molecular formula is C15H19NO2. The molecule has 0 unspecified atom stereocenters. The van der Waals surface area contributed by atoms with Crippen LogP contribution >= 0.6 is 0 Å². The molecule has 1 atom stereocenters. The number of ether oxygens (including phenoxy) is 1. The Balaban J connectivity index is 2.53. The summed E-state index contributed by atoms with van der Waals surface area (Å²) >= 11 is 0. The van der Waals surface area contributed by atoms with E-state index in [1.807, 2.05) is 31.2 Å². The van der Waals surface area contributed by atoms with Crippen molar-refractivity contribution in [2.24, 2.45) is 5.73 Å². The smallest absolute Gasteiger partial charge is 0.149 e. The van der Waals surface area contributed by atoms with Crippen LogP contribution < -0.4 is 10.5 Å². The molecule has 0 aliphatic rings. The van der Waals surface area contributed by atoms with Crippen LogP contribution in [-0.2, 0) is 11.2 Å². The van der Waals surface area contributed by atoms with Crippen molar-refractivity contribution in [2.45, 2.75) is 32.7 Å². The van der Waals surface area contributed by atoms with Gasteiger partial charge in [-0.2, -0.15) is 0 Å². The van der Waals surface area contributed by atoms with Crippen LogP contribution in [0.15, 0.2) is 24.3 Å². The summed E-state index contributed by atoms with van der Waals surface area (Å²) in [5.74, 6) is 6.46. The third-order valence-corrected chi connectivity index (χ3v) is 2.63. The van der Waals surface area contributed by atoms with Gasteiger partial charge in [0.2, 0.25) is 0 Å². The van der Waals surface area contributed by atoms with Gasteiger partial charge in [0.05, 0.1) is 6.04 Å². The zero-order chi connectivity index (χ0) is 13.4. The number of hydrogen-bond acceptors (Lipinski definition) is 3. The summed E-state index contributed by atoms with van der Waals surface area (Å²) in [5.41, 5.74) is 6.84. The number of rotatable bonds is 6. The monoisotopic (exact) mass is 245 g/mol. The Kier molecular flexibility index (Phi) is 5.96. The van der Waals surface area contributed by atoms with Gasteiger partial charge in [-0.25, -0.2) is 0 Å². The second-order valence-corrected chi connectivity index (χ2v) is 3.99. The zero-order valence-corrected chi connectivity index (χ0v) is 10.9. The van der Waals surface area contributed by atoms with Gasteiger partial charge in [-0.05, 0) is 31.0 Å². The molecule has 0 radical (unpaired) electrons. The van der Waals surface area contributed by atoms with Crippen molar-refractivity contribution in [3.05, 3.63) is 29.8 Å². The number of hydrogen-bond donors (Lipinski definition) is 1. The highest BCUT2D eigenvalue weighted by Gasteiger charge is 2.11. The molecule has 0 saturated carbocycles. The number of ketones is 1. The molecule has 0 aliphatic heterocycles. The van der Waals surface area contributed by atoms with Gasteiger partial charge in [0.25, 0.3) is 0 Å². The highest BCUT2D eigenvalue weighted by Crippen LogP contribution is 2.13. The van der Waals surface area contributed by atoms with Crippen LogP contribution in [-0.4, -0.2) is 18.4 Å². The van der Waals surface area contributed by atoms with E-state index in [0.29, 0.717) is 19.4 Å². The van der Waals surface area contributed by atoms with Crippen LogP contribution in [0, 0.1) is 11.8 Å². The molecular weight excluding hydrogens is 226 g/mol. The largest absolute Gasteiger partial charge is 0.481 e. The maximum absolute atomic E-state index is 11.4. The topological polar surface area (TPSA) is 52.3 Å². The first-order chi connectivity index (χ1) is 8.67. The van der Waals surface area contributed by atoms with Gasteiger partial charge in [-0.1, -0.05) is 25.0 Å². The maximum atomic E-state index is 11.4. The Hall–Kier alpha value is -1.79. The fourth-order valence-electron chi connectivity index (χ4n) is 1.54. The average molecular weight is 245 g/mol. The minimum Gasteiger partial charge on any atom is -0.481 e. The van der Waals surface area contributed by atoms with E-state index in [1.54, 1.807) is 6.92 Å². The first kappa shape index (κ1) is 14.3. The van der Waals surface area contributed by atoms with Gasteiger partial charge in [0.1, 0.15) is 18.1 Å². The predicted molar refractivity (Wildman–Crippen MR) is 72.4 cm³/mol. The van der Waals surface area contributed by atoms with E-state index in [-0.39, 0.29) is 5.78 Å². The van der Waals surface area contributed by atoms with Gasteiger partial charge in [-0.15, -0.1) is 5.92 Å².